The fraction of sp³-hybridized carbons (Fsp3) is 0.750. The van der Waals surface area contributed by atoms with Crippen molar-refractivity contribution in [1.82, 2.24) is 15.2 Å². The van der Waals surface area contributed by atoms with Crippen LogP contribution < -0.4 is 5.32 Å². The predicted molar refractivity (Wildman–Crippen MR) is 71.2 cm³/mol. The molecule has 1 N–H and O–H groups in total. The Hall–Kier alpha value is -0.450. The van der Waals surface area contributed by atoms with Gasteiger partial charge in [-0.25, -0.2) is 4.98 Å². The minimum absolute atomic E-state index is 0.340. The molecule has 0 radical (unpaired) electrons. The summed E-state index contributed by atoms with van der Waals surface area (Å²) in [7, 11) is 4.21. The number of nitrogens with zero attached hydrogens (tertiary/aromatic N) is 2. The van der Waals surface area contributed by atoms with E-state index in [1.165, 1.54) is 10.6 Å². The highest BCUT2D eigenvalue weighted by Gasteiger charge is 2.14. The quantitative estimate of drug-likeness (QED) is 0.858. The highest BCUT2D eigenvalue weighted by atomic mass is 32.1. The van der Waals surface area contributed by atoms with Crippen molar-refractivity contribution in [2.24, 2.45) is 0 Å². The van der Waals surface area contributed by atoms with E-state index < -0.39 is 0 Å². The lowest BCUT2D eigenvalue weighted by Gasteiger charge is -2.22. The topological polar surface area (TPSA) is 28.2 Å². The third kappa shape index (κ3) is 3.54. The Morgan fingerprint density at radius 2 is 1.94 bits per heavy atom. The van der Waals surface area contributed by atoms with Crippen LogP contribution >= 0.6 is 11.3 Å². The number of nitrogens with one attached hydrogen (secondary N) is 1. The average Bonchev–Trinajstić information content (AvgIpc) is 2.53. The van der Waals surface area contributed by atoms with E-state index in [1.807, 2.05) is 0 Å². The number of aryl methyl sites for hydroxylation is 2. The highest BCUT2D eigenvalue weighted by molar-refractivity contribution is 7.11. The molecule has 0 saturated heterocycles. The smallest absolute Gasteiger partial charge is 0.0900 e. The van der Waals surface area contributed by atoms with Gasteiger partial charge in [0, 0.05) is 23.5 Å². The van der Waals surface area contributed by atoms with Gasteiger partial charge in [-0.1, -0.05) is 0 Å². The van der Waals surface area contributed by atoms with Crippen molar-refractivity contribution in [3.05, 3.63) is 15.6 Å². The molecule has 0 aliphatic rings. The molecule has 0 spiro atoms. The van der Waals surface area contributed by atoms with Crippen molar-refractivity contribution >= 4 is 11.3 Å². The Kier molecular flexibility index (Phi) is 4.89. The van der Waals surface area contributed by atoms with Gasteiger partial charge in [0.2, 0.25) is 0 Å². The average molecular weight is 241 g/mol. The Morgan fingerprint density at radius 1 is 1.31 bits per heavy atom. The van der Waals surface area contributed by atoms with Crippen LogP contribution in [-0.4, -0.2) is 36.6 Å². The largest absolute Gasteiger partial charge is 0.307 e. The maximum Gasteiger partial charge on any atom is 0.0900 e. The van der Waals surface area contributed by atoms with Crippen molar-refractivity contribution in [2.75, 3.05) is 20.6 Å². The molecule has 0 amide bonds. The van der Waals surface area contributed by atoms with Gasteiger partial charge in [0.15, 0.2) is 0 Å². The van der Waals surface area contributed by atoms with Gasteiger partial charge < -0.3 is 10.2 Å². The number of thiazole rings is 1. The van der Waals surface area contributed by atoms with E-state index in [0.717, 1.165) is 11.6 Å². The summed E-state index contributed by atoms with van der Waals surface area (Å²) in [5.41, 5.74) is 1.20. The van der Waals surface area contributed by atoms with Crippen molar-refractivity contribution in [2.45, 2.75) is 39.8 Å². The molecule has 3 nitrogen and oxygen atoms in total. The molecule has 0 aromatic carbocycles. The van der Waals surface area contributed by atoms with E-state index in [9.17, 15) is 0 Å². The molecule has 0 aliphatic carbocycles. The number of rotatable bonds is 5. The first-order valence-electron chi connectivity index (χ1n) is 5.75. The van der Waals surface area contributed by atoms with Crippen molar-refractivity contribution < 1.29 is 0 Å². The molecule has 0 saturated carbocycles. The maximum atomic E-state index is 4.58. The highest BCUT2D eigenvalue weighted by Crippen LogP contribution is 2.22. The second-order valence-electron chi connectivity index (χ2n) is 4.62. The number of likely N-dealkylation sites (N-methyl/N-ethyl adjacent to an activating group) is 1. The van der Waals surface area contributed by atoms with Gasteiger partial charge >= 0.3 is 0 Å². The lowest BCUT2D eigenvalue weighted by molar-refractivity contribution is 0.295. The van der Waals surface area contributed by atoms with E-state index in [2.05, 4.69) is 57.0 Å². The predicted octanol–water partition coefficient (Wildman–Crippen LogP) is 2.36. The summed E-state index contributed by atoms with van der Waals surface area (Å²) in [6, 6.07) is 0.884. The van der Waals surface area contributed by atoms with Crippen LogP contribution in [-0.2, 0) is 0 Å². The van der Waals surface area contributed by atoms with E-state index in [-0.39, 0.29) is 0 Å². The molecule has 1 heterocycles. The van der Waals surface area contributed by atoms with Crippen molar-refractivity contribution in [1.29, 1.82) is 0 Å². The van der Waals surface area contributed by atoms with Crippen LogP contribution in [0.2, 0.25) is 0 Å². The van der Waals surface area contributed by atoms with Gasteiger partial charge in [-0.2, -0.15) is 0 Å². The summed E-state index contributed by atoms with van der Waals surface area (Å²) in [5.74, 6) is 0. The van der Waals surface area contributed by atoms with Gasteiger partial charge in [0.05, 0.1) is 10.7 Å². The lowest BCUT2D eigenvalue weighted by Crippen LogP contribution is -2.36. The van der Waals surface area contributed by atoms with Gasteiger partial charge in [-0.3, -0.25) is 0 Å². The SMILES string of the molecule is Cc1nc(C(C)NCC(C)N(C)C)c(C)s1. The Bertz CT molecular complexity index is 333. The zero-order valence-electron chi connectivity index (χ0n) is 11.2. The first-order chi connectivity index (χ1) is 7.41. The van der Waals surface area contributed by atoms with Crippen LogP contribution in [0.25, 0.3) is 0 Å². The first-order valence-corrected chi connectivity index (χ1v) is 6.57. The molecule has 1 rings (SSSR count). The number of hydrogen-bond donors (Lipinski definition) is 1. The normalized spacial score (nSPS) is 15.4. The zero-order chi connectivity index (χ0) is 12.3. The molecule has 16 heavy (non-hydrogen) atoms. The molecule has 0 bridgehead atoms. The summed E-state index contributed by atoms with van der Waals surface area (Å²) >= 11 is 1.78. The molecule has 0 fully saturated rings. The van der Waals surface area contributed by atoms with E-state index in [0.29, 0.717) is 12.1 Å². The van der Waals surface area contributed by atoms with E-state index >= 15 is 0 Å². The molecule has 2 atom stereocenters. The fourth-order valence-corrected chi connectivity index (χ4v) is 2.49. The summed E-state index contributed by atoms with van der Waals surface area (Å²) < 4.78 is 0. The van der Waals surface area contributed by atoms with Gasteiger partial charge in [0.1, 0.15) is 0 Å². The van der Waals surface area contributed by atoms with Gasteiger partial charge in [-0.05, 0) is 41.8 Å². The summed E-state index contributed by atoms with van der Waals surface area (Å²) in [6.07, 6.45) is 0. The molecule has 1 aromatic rings. The van der Waals surface area contributed by atoms with Crippen LogP contribution in [0.5, 0.6) is 0 Å². The minimum atomic E-state index is 0.340. The summed E-state index contributed by atoms with van der Waals surface area (Å²) in [6.45, 7) is 9.61. The molecule has 4 heteroatoms. The maximum absolute atomic E-state index is 4.58. The van der Waals surface area contributed by atoms with Gasteiger partial charge in [-0.15, -0.1) is 11.3 Å². The van der Waals surface area contributed by atoms with Crippen molar-refractivity contribution in [3.8, 4) is 0 Å². The Labute approximate surface area is 103 Å². The monoisotopic (exact) mass is 241 g/mol. The summed E-state index contributed by atoms with van der Waals surface area (Å²) in [4.78, 5) is 8.13. The molecule has 0 aliphatic heterocycles. The van der Waals surface area contributed by atoms with E-state index in [1.54, 1.807) is 11.3 Å². The van der Waals surface area contributed by atoms with Crippen LogP contribution in [0.4, 0.5) is 0 Å². The van der Waals surface area contributed by atoms with Crippen LogP contribution in [0.1, 0.15) is 35.5 Å². The lowest BCUT2D eigenvalue weighted by atomic mass is 10.2. The standard InChI is InChI=1S/C12H23N3S/c1-8(15(5)6)7-13-9(2)12-10(3)16-11(4)14-12/h8-9,13H,7H2,1-6H3. The number of hydrogen-bond acceptors (Lipinski definition) is 4. The second kappa shape index (κ2) is 5.75. The Balaban J connectivity index is 2.53. The van der Waals surface area contributed by atoms with E-state index in [4.69, 9.17) is 0 Å². The molecular weight excluding hydrogens is 218 g/mol. The van der Waals surface area contributed by atoms with Gasteiger partial charge in [0.25, 0.3) is 0 Å². The minimum Gasteiger partial charge on any atom is -0.307 e. The molecule has 92 valence electrons. The fourth-order valence-electron chi connectivity index (χ4n) is 1.57. The number of aromatic nitrogens is 1. The molecule has 2 unspecified atom stereocenters. The third-order valence-electron chi connectivity index (χ3n) is 2.95. The second-order valence-corrected chi connectivity index (χ2v) is 6.02. The zero-order valence-corrected chi connectivity index (χ0v) is 12.0. The molecule has 1 aromatic heterocycles. The Morgan fingerprint density at radius 3 is 2.38 bits per heavy atom. The van der Waals surface area contributed by atoms with Crippen LogP contribution in [0.15, 0.2) is 0 Å². The van der Waals surface area contributed by atoms with Crippen LogP contribution in [0, 0.1) is 13.8 Å². The molecular formula is C12H23N3S. The third-order valence-corrected chi connectivity index (χ3v) is 3.85. The van der Waals surface area contributed by atoms with Crippen LogP contribution in [0.3, 0.4) is 0 Å². The van der Waals surface area contributed by atoms with Crippen molar-refractivity contribution in [3.63, 3.8) is 0 Å². The first kappa shape index (κ1) is 13.6. The summed E-state index contributed by atoms with van der Waals surface area (Å²) in [5, 5.41) is 4.69.